The molecule has 0 amide bonds. The highest BCUT2D eigenvalue weighted by Crippen LogP contribution is 2.18. The van der Waals surface area contributed by atoms with Gasteiger partial charge in [-0.05, 0) is 39.2 Å². The third kappa shape index (κ3) is 4.40. The first-order valence-electron chi connectivity index (χ1n) is 5.74. The Labute approximate surface area is 87.2 Å². The topological polar surface area (TPSA) is 30.5 Å². The minimum absolute atomic E-state index is 0.439. The van der Waals surface area contributed by atoms with Gasteiger partial charge >= 0.3 is 0 Å². The molecule has 0 spiro atoms. The zero-order chi connectivity index (χ0) is 10.2. The molecule has 1 fully saturated rings. The normalized spacial score (nSPS) is 27.0. The summed E-state index contributed by atoms with van der Waals surface area (Å²) in [7, 11) is 0. The molecule has 0 aromatic heterocycles. The summed E-state index contributed by atoms with van der Waals surface area (Å²) in [6.07, 6.45) is 2.75. The molecular weight excluding hydrogens is 178 g/mol. The van der Waals surface area contributed by atoms with Crippen LogP contribution in [0.2, 0.25) is 0 Å². The lowest BCUT2D eigenvalue weighted by Gasteiger charge is -2.14. The van der Waals surface area contributed by atoms with Crippen molar-refractivity contribution >= 4 is 0 Å². The van der Waals surface area contributed by atoms with Crippen LogP contribution in [0, 0.1) is 5.92 Å². The van der Waals surface area contributed by atoms with Gasteiger partial charge in [0.25, 0.3) is 0 Å². The first-order chi connectivity index (χ1) is 6.84. The number of rotatable bonds is 7. The molecule has 14 heavy (non-hydrogen) atoms. The molecule has 1 aliphatic heterocycles. The van der Waals surface area contributed by atoms with Gasteiger partial charge in [-0.25, -0.2) is 0 Å². The van der Waals surface area contributed by atoms with Crippen molar-refractivity contribution < 1.29 is 9.47 Å². The van der Waals surface area contributed by atoms with Crippen molar-refractivity contribution in [1.82, 2.24) is 5.32 Å². The lowest BCUT2D eigenvalue weighted by molar-refractivity contribution is 0.105. The molecule has 0 aliphatic carbocycles. The molecule has 0 bridgehead atoms. The fraction of sp³-hybridized carbons (Fsp3) is 1.00. The Bertz CT molecular complexity index is 141. The first kappa shape index (κ1) is 12.0. The van der Waals surface area contributed by atoms with E-state index in [1.807, 2.05) is 6.92 Å². The van der Waals surface area contributed by atoms with E-state index in [2.05, 4.69) is 12.2 Å². The van der Waals surface area contributed by atoms with Crippen molar-refractivity contribution in [3.8, 4) is 0 Å². The SMILES string of the molecule is CCOCCCNCC1CCOC1C. The van der Waals surface area contributed by atoms with Crippen molar-refractivity contribution in [3.05, 3.63) is 0 Å². The Balaban J connectivity index is 1.88. The number of nitrogens with one attached hydrogen (secondary N) is 1. The largest absolute Gasteiger partial charge is 0.382 e. The summed E-state index contributed by atoms with van der Waals surface area (Å²) >= 11 is 0. The van der Waals surface area contributed by atoms with E-state index in [1.54, 1.807) is 0 Å². The molecule has 84 valence electrons. The van der Waals surface area contributed by atoms with Gasteiger partial charge < -0.3 is 14.8 Å². The van der Waals surface area contributed by atoms with E-state index in [4.69, 9.17) is 9.47 Å². The third-order valence-corrected chi connectivity index (χ3v) is 2.79. The average molecular weight is 201 g/mol. The van der Waals surface area contributed by atoms with Crippen molar-refractivity contribution in [2.75, 3.05) is 32.9 Å². The highest BCUT2D eigenvalue weighted by atomic mass is 16.5. The molecule has 0 radical (unpaired) electrons. The first-order valence-corrected chi connectivity index (χ1v) is 5.74. The Morgan fingerprint density at radius 1 is 1.50 bits per heavy atom. The van der Waals surface area contributed by atoms with E-state index >= 15 is 0 Å². The molecule has 2 atom stereocenters. The van der Waals surface area contributed by atoms with E-state index in [1.165, 1.54) is 6.42 Å². The van der Waals surface area contributed by atoms with Crippen molar-refractivity contribution in [2.24, 2.45) is 5.92 Å². The Morgan fingerprint density at radius 2 is 2.36 bits per heavy atom. The molecule has 0 aromatic rings. The Hall–Kier alpha value is -0.120. The zero-order valence-electron chi connectivity index (χ0n) is 9.42. The smallest absolute Gasteiger partial charge is 0.0588 e. The molecule has 1 aliphatic rings. The van der Waals surface area contributed by atoms with Crippen LogP contribution in [0.25, 0.3) is 0 Å². The quantitative estimate of drug-likeness (QED) is 0.632. The van der Waals surface area contributed by atoms with Gasteiger partial charge in [-0.15, -0.1) is 0 Å². The minimum atomic E-state index is 0.439. The van der Waals surface area contributed by atoms with Gasteiger partial charge in [0.2, 0.25) is 0 Å². The number of hydrogen-bond acceptors (Lipinski definition) is 3. The van der Waals surface area contributed by atoms with Gasteiger partial charge in [0.15, 0.2) is 0 Å². The van der Waals surface area contributed by atoms with Crippen LogP contribution in [0.15, 0.2) is 0 Å². The molecule has 0 saturated carbocycles. The van der Waals surface area contributed by atoms with Crippen LogP contribution in [0.1, 0.15) is 26.7 Å². The summed E-state index contributed by atoms with van der Waals surface area (Å²) in [4.78, 5) is 0. The zero-order valence-corrected chi connectivity index (χ0v) is 9.42. The van der Waals surface area contributed by atoms with Crippen LogP contribution in [-0.2, 0) is 9.47 Å². The summed E-state index contributed by atoms with van der Waals surface area (Å²) in [5.41, 5.74) is 0. The lowest BCUT2D eigenvalue weighted by Crippen LogP contribution is -2.28. The van der Waals surface area contributed by atoms with Crippen LogP contribution < -0.4 is 5.32 Å². The molecule has 3 heteroatoms. The molecule has 1 N–H and O–H groups in total. The van der Waals surface area contributed by atoms with E-state index in [0.29, 0.717) is 12.0 Å². The third-order valence-electron chi connectivity index (χ3n) is 2.79. The van der Waals surface area contributed by atoms with Crippen LogP contribution in [-0.4, -0.2) is 39.0 Å². The standard InChI is InChI=1S/C11H23NO2/c1-3-13-7-4-6-12-9-11-5-8-14-10(11)2/h10-12H,3-9H2,1-2H3. The monoisotopic (exact) mass is 201 g/mol. The van der Waals surface area contributed by atoms with Crippen molar-refractivity contribution in [1.29, 1.82) is 0 Å². The van der Waals surface area contributed by atoms with Crippen LogP contribution in [0.5, 0.6) is 0 Å². The maximum absolute atomic E-state index is 5.50. The van der Waals surface area contributed by atoms with E-state index in [0.717, 1.165) is 39.3 Å². The fourth-order valence-electron chi connectivity index (χ4n) is 1.78. The highest BCUT2D eigenvalue weighted by Gasteiger charge is 2.23. The van der Waals surface area contributed by atoms with Gasteiger partial charge in [-0.2, -0.15) is 0 Å². The maximum atomic E-state index is 5.50. The van der Waals surface area contributed by atoms with E-state index in [-0.39, 0.29) is 0 Å². The summed E-state index contributed by atoms with van der Waals surface area (Å²) in [6, 6.07) is 0. The Morgan fingerprint density at radius 3 is 3.00 bits per heavy atom. The average Bonchev–Trinajstić information content (AvgIpc) is 2.58. The van der Waals surface area contributed by atoms with Crippen molar-refractivity contribution in [3.63, 3.8) is 0 Å². The molecule has 1 saturated heterocycles. The van der Waals surface area contributed by atoms with Gasteiger partial charge in [0.1, 0.15) is 0 Å². The fourth-order valence-corrected chi connectivity index (χ4v) is 1.78. The van der Waals surface area contributed by atoms with Crippen LogP contribution >= 0.6 is 0 Å². The highest BCUT2D eigenvalue weighted by molar-refractivity contribution is 4.74. The molecule has 1 rings (SSSR count). The van der Waals surface area contributed by atoms with Crippen LogP contribution in [0.3, 0.4) is 0 Å². The summed E-state index contributed by atoms with van der Waals surface area (Å²) in [5.74, 6) is 0.710. The second-order valence-corrected chi connectivity index (χ2v) is 3.88. The lowest BCUT2D eigenvalue weighted by atomic mass is 10.0. The molecular formula is C11H23NO2. The summed E-state index contributed by atoms with van der Waals surface area (Å²) < 4.78 is 10.8. The molecule has 0 aromatic carbocycles. The number of hydrogen-bond donors (Lipinski definition) is 1. The predicted octanol–water partition coefficient (Wildman–Crippen LogP) is 1.43. The molecule has 3 nitrogen and oxygen atoms in total. The van der Waals surface area contributed by atoms with Gasteiger partial charge in [-0.3, -0.25) is 0 Å². The second-order valence-electron chi connectivity index (χ2n) is 3.88. The summed E-state index contributed by atoms with van der Waals surface area (Å²) in [6.45, 7) is 8.99. The predicted molar refractivity (Wildman–Crippen MR) is 57.5 cm³/mol. The molecule has 2 unspecified atom stereocenters. The van der Waals surface area contributed by atoms with E-state index < -0.39 is 0 Å². The van der Waals surface area contributed by atoms with Gasteiger partial charge in [0, 0.05) is 26.4 Å². The second kappa shape index (κ2) is 7.21. The maximum Gasteiger partial charge on any atom is 0.0588 e. The minimum Gasteiger partial charge on any atom is -0.382 e. The summed E-state index contributed by atoms with van der Waals surface area (Å²) in [5, 5.41) is 3.46. The van der Waals surface area contributed by atoms with Gasteiger partial charge in [-0.1, -0.05) is 0 Å². The van der Waals surface area contributed by atoms with Gasteiger partial charge in [0.05, 0.1) is 6.10 Å². The number of ether oxygens (including phenoxy) is 2. The molecule has 1 heterocycles. The Kier molecular flexibility index (Phi) is 6.15. The van der Waals surface area contributed by atoms with Crippen molar-refractivity contribution in [2.45, 2.75) is 32.8 Å². The van der Waals surface area contributed by atoms with Crippen LogP contribution in [0.4, 0.5) is 0 Å². The van der Waals surface area contributed by atoms with E-state index in [9.17, 15) is 0 Å².